The molecule has 0 fully saturated rings. The van der Waals surface area contributed by atoms with E-state index in [2.05, 4.69) is 10.1 Å². The van der Waals surface area contributed by atoms with E-state index in [0.717, 1.165) is 10.7 Å². The molecule has 0 unspecified atom stereocenters. The fourth-order valence-electron chi connectivity index (χ4n) is 2.22. The van der Waals surface area contributed by atoms with Gasteiger partial charge >= 0.3 is 6.18 Å². The minimum atomic E-state index is -4.57. The Morgan fingerprint density at radius 2 is 1.92 bits per heavy atom. The number of rotatable bonds is 3. The highest BCUT2D eigenvalue weighted by molar-refractivity contribution is 5.61. The fraction of sp³-hybridized carbons (Fsp3) is 0.125. The van der Waals surface area contributed by atoms with Crippen LogP contribution in [0.15, 0.2) is 48.8 Å². The molecule has 0 saturated heterocycles. The second kappa shape index (κ2) is 5.95. The van der Waals surface area contributed by atoms with Crippen LogP contribution in [-0.2, 0) is 6.18 Å². The Balaban J connectivity index is 2.04. The van der Waals surface area contributed by atoms with Crippen molar-refractivity contribution in [1.82, 2.24) is 14.8 Å². The van der Waals surface area contributed by atoms with Crippen molar-refractivity contribution >= 4 is 0 Å². The molecule has 8 heteroatoms. The van der Waals surface area contributed by atoms with Gasteiger partial charge in [-0.25, -0.2) is 14.1 Å². The summed E-state index contributed by atoms with van der Waals surface area (Å²) in [6.07, 6.45) is -2.03. The van der Waals surface area contributed by atoms with E-state index in [-0.39, 0.29) is 17.1 Å². The van der Waals surface area contributed by atoms with E-state index in [1.165, 1.54) is 43.8 Å². The van der Waals surface area contributed by atoms with Gasteiger partial charge in [0, 0.05) is 24.0 Å². The predicted molar refractivity (Wildman–Crippen MR) is 78.3 cm³/mol. The lowest BCUT2D eigenvalue weighted by Crippen LogP contribution is -2.12. The SMILES string of the molecule is COc1ccc(-c2ccn(-c3ncccc3C(F)(F)F)n2)c(F)c1. The summed E-state index contributed by atoms with van der Waals surface area (Å²) in [4.78, 5) is 3.74. The topological polar surface area (TPSA) is 39.9 Å². The van der Waals surface area contributed by atoms with Gasteiger partial charge in [0.25, 0.3) is 0 Å². The van der Waals surface area contributed by atoms with Crippen molar-refractivity contribution in [3.8, 4) is 22.8 Å². The number of hydrogen-bond acceptors (Lipinski definition) is 3. The first-order valence-corrected chi connectivity index (χ1v) is 6.82. The number of ether oxygens (including phenoxy) is 1. The first-order valence-electron chi connectivity index (χ1n) is 6.82. The Kier molecular flexibility index (Phi) is 3.96. The van der Waals surface area contributed by atoms with E-state index < -0.39 is 17.6 Å². The van der Waals surface area contributed by atoms with Gasteiger partial charge < -0.3 is 4.74 Å². The van der Waals surface area contributed by atoms with Gasteiger partial charge in [0.15, 0.2) is 5.82 Å². The zero-order valence-corrected chi connectivity index (χ0v) is 12.4. The van der Waals surface area contributed by atoms with E-state index >= 15 is 0 Å². The van der Waals surface area contributed by atoms with Gasteiger partial charge in [-0.05, 0) is 30.3 Å². The second-order valence-electron chi connectivity index (χ2n) is 4.86. The number of alkyl halides is 3. The van der Waals surface area contributed by atoms with Gasteiger partial charge in [0.1, 0.15) is 17.1 Å². The lowest BCUT2D eigenvalue weighted by molar-refractivity contribution is -0.137. The Morgan fingerprint density at radius 3 is 2.58 bits per heavy atom. The van der Waals surface area contributed by atoms with Gasteiger partial charge in [0.2, 0.25) is 0 Å². The van der Waals surface area contributed by atoms with Crippen molar-refractivity contribution < 1.29 is 22.3 Å². The van der Waals surface area contributed by atoms with Crippen LogP contribution in [-0.4, -0.2) is 21.9 Å². The van der Waals surface area contributed by atoms with E-state index in [4.69, 9.17) is 4.74 Å². The summed E-state index contributed by atoms with van der Waals surface area (Å²) in [6.45, 7) is 0. The van der Waals surface area contributed by atoms with Crippen LogP contribution in [0, 0.1) is 5.82 Å². The van der Waals surface area contributed by atoms with Gasteiger partial charge in [-0.3, -0.25) is 0 Å². The number of benzene rings is 1. The highest BCUT2D eigenvalue weighted by atomic mass is 19.4. The molecule has 4 nitrogen and oxygen atoms in total. The summed E-state index contributed by atoms with van der Waals surface area (Å²) in [5, 5.41) is 4.01. The molecular formula is C16H11F4N3O. The van der Waals surface area contributed by atoms with Crippen LogP contribution >= 0.6 is 0 Å². The van der Waals surface area contributed by atoms with Crippen LogP contribution in [0.2, 0.25) is 0 Å². The lowest BCUT2D eigenvalue weighted by atomic mass is 10.1. The second-order valence-corrected chi connectivity index (χ2v) is 4.86. The molecule has 0 aliphatic heterocycles. The Morgan fingerprint density at radius 1 is 1.12 bits per heavy atom. The third-order valence-corrected chi connectivity index (χ3v) is 3.35. The number of halogens is 4. The Labute approximate surface area is 134 Å². The standard InChI is InChI=1S/C16H11F4N3O/c1-24-10-4-5-11(13(17)9-10)14-6-8-23(22-14)15-12(16(18,19)20)3-2-7-21-15/h2-9H,1H3. The van der Waals surface area contributed by atoms with E-state index in [0.29, 0.717) is 5.75 Å². The summed E-state index contributed by atoms with van der Waals surface area (Å²) in [6, 6.07) is 7.69. The van der Waals surface area contributed by atoms with E-state index in [1.807, 2.05) is 0 Å². The van der Waals surface area contributed by atoms with Crippen LogP contribution in [0.1, 0.15) is 5.56 Å². The van der Waals surface area contributed by atoms with Crippen molar-refractivity contribution in [3.05, 3.63) is 60.2 Å². The maximum atomic E-state index is 14.1. The van der Waals surface area contributed by atoms with Crippen molar-refractivity contribution in [2.45, 2.75) is 6.18 Å². The summed E-state index contributed by atoms with van der Waals surface area (Å²) in [7, 11) is 1.41. The summed E-state index contributed by atoms with van der Waals surface area (Å²) >= 11 is 0. The van der Waals surface area contributed by atoms with E-state index in [1.54, 1.807) is 6.07 Å². The van der Waals surface area contributed by atoms with Crippen molar-refractivity contribution in [3.63, 3.8) is 0 Å². The maximum absolute atomic E-state index is 14.1. The average Bonchev–Trinajstić information content (AvgIpc) is 3.03. The van der Waals surface area contributed by atoms with Crippen molar-refractivity contribution in [1.29, 1.82) is 0 Å². The molecule has 0 aliphatic carbocycles. The van der Waals surface area contributed by atoms with Crippen LogP contribution in [0.25, 0.3) is 17.1 Å². The molecule has 0 N–H and O–H groups in total. The monoisotopic (exact) mass is 337 g/mol. The number of aromatic nitrogens is 3. The summed E-state index contributed by atoms with van der Waals surface area (Å²) in [5.74, 6) is -0.624. The highest BCUT2D eigenvalue weighted by Crippen LogP contribution is 2.33. The Hall–Kier alpha value is -2.90. The quantitative estimate of drug-likeness (QED) is 0.676. The zero-order chi connectivity index (χ0) is 17.3. The molecule has 0 spiro atoms. The summed E-state index contributed by atoms with van der Waals surface area (Å²) < 4.78 is 59.1. The zero-order valence-electron chi connectivity index (χ0n) is 12.4. The van der Waals surface area contributed by atoms with Crippen molar-refractivity contribution in [2.75, 3.05) is 7.11 Å². The number of methoxy groups -OCH3 is 1. The number of pyridine rings is 1. The van der Waals surface area contributed by atoms with Crippen LogP contribution in [0.5, 0.6) is 5.75 Å². The van der Waals surface area contributed by atoms with Gasteiger partial charge in [-0.15, -0.1) is 0 Å². The molecule has 0 radical (unpaired) electrons. The lowest BCUT2D eigenvalue weighted by Gasteiger charge is -2.11. The normalized spacial score (nSPS) is 11.5. The van der Waals surface area contributed by atoms with Crippen molar-refractivity contribution in [2.24, 2.45) is 0 Å². The predicted octanol–water partition coefficient (Wildman–Crippen LogP) is 4.10. The van der Waals surface area contributed by atoms with Gasteiger partial charge in [-0.1, -0.05) is 0 Å². The maximum Gasteiger partial charge on any atom is 0.420 e. The third-order valence-electron chi connectivity index (χ3n) is 3.35. The molecule has 3 rings (SSSR count). The smallest absolute Gasteiger partial charge is 0.420 e. The number of nitrogens with zero attached hydrogens (tertiary/aromatic N) is 3. The van der Waals surface area contributed by atoms with Gasteiger partial charge in [0.05, 0.1) is 12.8 Å². The largest absolute Gasteiger partial charge is 0.497 e. The number of hydrogen-bond donors (Lipinski definition) is 0. The molecule has 0 amide bonds. The summed E-state index contributed by atoms with van der Waals surface area (Å²) in [5.41, 5.74) is -0.581. The van der Waals surface area contributed by atoms with Crippen LogP contribution in [0.3, 0.4) is 0 Å². The van der Waals surface area contributed by atoms with Crippen LogP contribution in [0.4, 0.5) is 17.6 Å². The van der Waals surface area contributed by atoms with Gasteiger partial charge in [-0.2, -0.15) is 18.3 Å². The minimum absolute atomic E-state index is 0.152. The first kappa shape index (κ1) is 16.0. The molecular weight excluding hydrogens is 326 g/mol. The molecule has 0 saturated carbocycles. The highest BCUT2D eigenvalue weighted by Gasteiger charge is 2.34. The first-order chi connectivity index (χ1) is 11.4. The average molecular weight is 337 g/mol. The molecule has 3 aromatic rings. The molecule has 1 aromatic carbocycles. The molecule has 0 bridgehead atoms. The van der Waals surface area contributed by atoms with E-state index in [9.17, 15) is 17.6 Å². The van der Waals surface area contributed by atoms with Crippen LogP contribution < -0.4 is 4.74 Å². The molecule has 0 aliphatic rings. The third kappa shape index (κ3) is 2.94. The molecule has 0 atom stereocenters. The molecule has 2 aromatic heterocycles. The molecule has 2 heterocycles. The molecule has 124 valence electrons. The Bertz CT molecular complexity index is 874. The molecule has 24 heavy (non-hydrogen) atoms. The fourth-order valence-corrected chi connectivity index (χ4v) is 2.22. The minimum Gasteiger partial charge on any atom is -0.497 e.